The summed E-state index contributed by atoms with van der Waals surface area (Å²) in [6, 6.07) is 29.7. The van der Waals surface area contributed by atoms with E-state index in [1.165, 1.54) is 0 Å². The number of thiocarbonyl (C=S) groups is 1. The van der Waals surface area contributed by atoms with Crippen molar-refractivity contribution in [2.75, 3.05) is 12.4 Å². The molecule has 4 aromatic carbocycles. The van der Waals surface area contributed by atoms with Gasteiger partial charge in [0, 0.05) is 22.9 Å². The number of rotatable bonds is 7. The highest BCUT2D eigenvalue weighted by Crippen LogP contribution is 2.28. The molecule has 0 unspecified atom stereocenters. The Kier molecular flexibility index (Phi) is 7.09. The maximum atomic E-state index is 12.8. The first-order chi connectivity index (χ1) is 18.1. The van der Waals surface area contributed by atoms with Gasteiger partial charge in [0.25, 0.3) is 5.91 Å². The highest BCUT2D eigenvalue weighted by atomic mass is 32.1. The smallest absolute Gasteiger partial charge is 0.257 e. The molecule has 0 aliphatic carbocycles. The van der Waals surface area contributed by atoms with Crippen LogP contribution in [-0.2, 0) is 6.61 Å². The lowest BCUT2D eigenvalue weighted by atomic mass is 10.2. The van der Waals surface area contributed by atoms with E-state index in [2.05, 4.69) is 15.6 Å². The average molecular weight is 510 g/mol. The normalized spacial score (nSPS) is 10.6. The molecule has 37 heavy (non-hydrogen) atoms. The number of hydrogen-bond donors (Lipinski definition) is 2. The van der Waals surface area contributed by atoms with Crippen molar-refractivity contribution in [3.63, 3.8) is 0 Å². The Bertz CT molecular complexity index is 1570. The van der Waals surface area contributed by atoms with Crippen LogP contribution in [0.4, 0.5) is 5.69 Å². The summed E-state index contributed by atoms with van der Waals surface area (Å²) in [4.78, 5) is 17.3. The molecule has 0 fully saturated rings. The molecule has 1 heterocycles. The van der Waals surface area contributed by atoms with Gasteiger partial charge in [-0.3, -0.25) is 10.1 Å². The van der Waals surface area contributed by atoms with Gasteiger partial charge in [-0.1, -0.05) is 42.5 Å². The van der Waals surface area contributed by atoms with Gasteiger partial charge in [0.1, 0.15) is 23.6 Å². The van der Waals surface area contributed by atoms with E-state index in [4.69, 9.17) is 26.1 Å². The molecule has 0 spiro atoms. The van der Waals surface area contributed by atoms with Crippen molar-refractivity contribution < 1.29 is 18.7 Å². The molecule has 0 aliphatic heterocycles. The fourth-order valence-electron chi connectivity index (χ4n) is 3.69. The van der Waals surface area contributed by atoms with Crippen LogP contribution in [0.25, 0.3) is 22.6 Å². The van der Waals surface area contributed by atoms with Crippen LogP contribution in [0.15, 0.2) is 101 Å². The number of oxazole rings is 1. The van der Waals surface area contributed by atoms with Gasteiger partial charge >= 0.3 is 0 Å². The predicted octanol–water partition coefficient (Wildman–Crippen LogP) is 6.21. The van der Waals surface area contributed by atoms with Crippen molar-refractivity contribution in [2.45, 2.75) is 6.61 Å². The molecule has 5 aromatic rings. The van der Waals surface area contributed by atoms with E-state index in [0.717, 1.165) is 11.1 Å². The Balaban J connectivity index is 1.22. The summed E-state index contributed by atoms with van der Waals surface area (Å²) in [7, 11) is 1.61. The minimum absolute atomic E-state index is 0.167. The van der Waals surface area contributed by atoms with Crippen LogP contribution in [0.5, 0.6) is 11.5 Å². The molecule has 0 bridgehead atoms. The number of anilines is 1. The summed E-state index contributed by atoms with van der Waals surface area (Å²) in [6.07, 6.45) is 0. The van der Waals surface area contributed by atoms with E-state index in [9.17, 15) is 4.79 Å². The monoisotopic (exact) mass is 509 g/mol. The van der Waals surface area contributed by atoms with Gasteiger partial charge in [-0.25, -0.2) is 4.98 Å². The van der Waals surface area contributed by atoms with Gasteiger partial charge in [0.15, 0.2) is 10.7 Å². The Morgan fingerprint density at radius 2 is 1.76 bits per heavy atom. The van der Waals surface area contributed by atoms with Crippen molar-refractivity contribution >= 4 is 40.0 Å². The number of aromatic nitrogens is 1. The number of carbonyl (C=O) groups excluding carboxylic acids is 1. The summed E-state index contributed by atoms with van der Waals surface area (Å²) < 4.78 is 17.0. The van der Waals surface area contributed by atoms with Crippen LogP contribution in [-0.4, -0.2) is 23.1 Å². The van der Waals surface area contributed by atoms with Crippen LogP contribution < -0.4 is 20.1 Å². The maximum Gasteiger partial charge on any atom is 0.257 e. The summed E-state index contributed by atoms with van der Waals surface area (Å²) >= 11 is 5.37. The molecule has 0 atom stereocenters. The Labute approximate surface area is 219 Å². The number of ether oxygens (including phenoxy) is 2. The van der Waals surface area contributed by atoms with Crippen molar-refractivity contribution in [2.24, 2.45) is 0 Å². The van der Waals surface area contributed by atoms with Gasteiger partial charge in [-0.2, -0.15) is 0 Å². The first kappa shape index (κ1) is 24.0. The highest BCUT2D eigenvalue weighted by molar-refractivity contribution is 7.80. The second-order valence-electron chi connectivity index (χ2n) is 8.14. The second kappa shape index (κ2) is 10.9. The standard InChI is InChI=1S/C29H23N3O4S/c1-34-23-13-14-26-25(17-23)31-28(36-26)21-10-5-11-22(15-21)30-29(37)32-27(33)20-9-6-12-24(16-20)35-18-19-7-3-2-4-8-19/h2-17H,18H2,1H3,(H2,30,32,33,37). The summed E-state index contributed by atoms with van der Waals surface area (Å²) in [5.74, 6) is 1.43. The molecule has 2 N–H and O–H groups in total. The van der Waals surface area contributed by atoms with E-state index in [1.807, 2.05) is 78.9 Å². The van der Waals surface area contributed by atoms with Crippen LogP contribution in [0.3, 0.4) is 0 Å². The number of methoxy groups -OCH3 is 1. The lowest BCUT2D eigenvalue weighted by Crippen LogP contribution is -2.34. The molecular formula is C29H23N3O4S. The van der Waals surface area contributed by atoms with Crippen molar-refractivity contribution in [1.29, 1.82) is 0 Å². The van der Waals surface area contributed by atoms with Gasteiger partial charge in [-0.05, 0) is 66.3 Å². The Hall–Kier alpha value is -4.69. The number of fused-ring (bicyclic) bond motifs is 1. The molecule has 7 nitrogen and oxygen atoms in total. The second-order valence-corrected chi connectivity index (χ2v) is 8.55. The van der Waals surface area contributed by atoms with Crippen molar-refractivity contribution in [3.05, 3.63) is 108 Å². The SMILES string of the molecule is COc1ccc2oc(-c3cccc(NC(=S)NC(=O)c4cccc(OCc5ccccc5)c4)c3)nc2c1. The van der Waals surface area contributed by atoms with Crippen LogP contribution in [0, 0.1) is 0 Å². The first-order valence-electron chi connectivity index (χ1n) is 11.5. The van der Waals surface area contributed by atoms with Crippen molar-refractivity contribution in [1.82, 2.24) is 10.3 Å². The van der Waals surface area contributed by atoms with Crippen LogP contribution in [0.1, 0.15) is 15.9 Å². The zero-order chi connectivity index (χ0) is 25.6. The molecule has 0 radical (unpaired) electrons. The molecule has 5 rings (SSSR count). The van der Waals surface area contributed by atoms with Gasteiger partial charge < -0.3 is 19.2 Å². The highest BCUT2D eigenvalue weighted by Gasteiger charge is 2.12. The Morgan fingerprint density at radius 3 is 2.59 bits per heavy atom. The van der Waals surface area contributed by atoms with E-state index in [-0.39, 0.29) is 11.0 Å². The van der Waals surface area contributed by atoms with Gasteiger partial charge in [-0.15, -0.1) is 0 Å². The summed E-state index contributed by atoms with van der Waals surface area (Å²) in [5.41, 5.74) is 4.28. The van der Waals surface area contributed by atoms with E-state index in [1.54, 1.807) is 25.3 Å². The van der Waals surface area contributed by atoms with Gasteiger partial charge in [0.05, 0.1) is 7.11 Å². The Morgan fingerprint density at radius 1 is 0.919 bits per heavy atom. The third kappa shape index (κ3) is 5.94. The van der Waals surface area contributed by atoms with Gasteiger partial charge in [0.2, 0.25) is 5.89 Å². The minimum atomic E-state index is -0.341. The van der Waals surface area contributed by atoms with E-state index >= 15 is 0 Å². The quantitative estimate of drug-likeness (QED) is 0.252. The van der Waals surface area contributed by atoms with Crippen LogP contribution >= 0.6 is 12.2 Å². The number of hydrogen-bond acceptors (Lipinski definition) is 6. The minimum Gasteiger partial charge on any atom is -0.497 e. The predicted molar refractivity (Wildman–Crippen MR) is 147 cm³/mol. The topological polar surface area (TPSA) is 85.6 Å². The first-order valence-corrected chi connectivity index (χ1v) is 11.9. The number of carbonyl (C=O) groups is 1. The lowest BCUT2D eigenvalue weighted by molar-refractivity contribution is 0.0977. The zero-order valence-corrected chi connectivity index (χ0v) is 20.7. The zero-order valence-electron chi connectivity index (χ0n) is 19.9. The maximum absolute atomic E-state index is 12.8. The number of benzene rings is 4. The third-order valence-corrected chi connectivity index (χ3v) is 5.74. The summed E-state index contributed by atoms with van der Waals surface area (Å²) in [5, 5.41) is 5.92. The van der Waals surface area contributed by atoms with Crippen molar-refractivity contribution in [3.8, 4) is 23.0 Å². The average Bonchev–Trinajstić information content (AvgIpc) is 3.36. The van der Waals surface area contributed by atoms with E-state index < -0.39 is 0 Å². The largest absolute Gasteiger partial charge is 0.497 e. The molecule has 1 aromatic heterocycles. The fourth-order valence-corrected chi connectivity index (χ4v) is 3.90. The lowest BCUT2D eigenvalue weighted by Gasteiger charge is -2.11. The number of nitrogens with one attached hydrogen (secondary N) is 2. The molecule has 0 aliphatic rings. The molecule has 0 saturated heterocycles. The summed E-state index contributed by atoms with van der Waals surface area (Å²) in [6.45, 7) is 0.413. The number of amides is 1. The van der Waals surface area contributed by atoms with Crippen LogP contribution in [0.2, 0.25) is 0 Å². The fraction of sp³-hybridized carbons (Fsp3) is 0.0690. The number of nitrogens with zero attached hydrogens (tertiary/aromatic N) is 1. The molecule has 1 amide bonds. The van der Waals surface area contributed by atoms with E-state index in [0.29, 0.717) is 46.3 Å². The third-order valence-electron chi connectivity index (χ3n) is 5.53. The molecular weight excluding hydrogens is 486 g/mol. The molecule has 0 saturated carbocycles. The molecule has 184 valence electrons. The molecule has 8 heteroatoms.